The molecule has 0 aromatic heterocycles. The van der Waals surface area contributed by atoms with E-state index in [1.54, 1.807) is 13.0 Å². The highest BCUT2D eigenvalue weighted by atomic mass is 16.1. The van der Waals surface area contributed by atoms with Crippen LogP contribution in [-0.2, 0) is 4.79 Å². The molecule has 1 aliphatic rings. The Morgan fingerprint density at radius 3 is 2.73 bits per heavy atom. The van der Waals surface area contributed by atoms with E-state index < -0.39 is 0 Å². The summed E-state index contributed by atoms with van der Waals surface area (Å²) in [6, 6.07) is 8.12. The van der Waals surface area contributed by atoms with Gasteiger partial charge in [0.25, 0.3) is 0 Å². The average Bonchev–Trinajstić information content (AvgIpc) is 2.22. The summed E-state index contributed by atoms with van der Waals surface area (Å²) in [4.78, 5) is 13.1. The number of nitrogens with zero attached hydrogens (tertiary/aromatic N) is 1. The highest BCUT2D eigenvalue weighted by Gasteiger charge is 2.12. The van der Waals surface area contributed by atoms with Gasteiger partial charge in [0.1, 0.15) is 0 Å². The molecular formula is C13H13NO. The number of benzene rings is 1. The fourth-order valence-corrected chi connectivity index (χ4v) is 1.71. The van der Waals surface area contributed by atoms with Crippen molar-refractivity contribution in [3.8, 4) is 0 Å². The molecule has 1 aromatic carbocycles. The van der Waals surface area contributed by atoms with Crippen LogP contribution < -0.4 is 4.90 Å². The van der Waals surface area contributed by atoms with Gasteiger partial charge in [-0.1, -0.05) is 24.3 Å². The highest BCUT2D eigenvalue weighted by molar-refractivity contribution is 5.90. The van der Waals surface area contributed by atoms with Gasteiger partial charge < -0.3 is 4.90 Å². The number of hydrogen-bond donors (Lipinski definition) is 0. The van der Waals surface area contributed by atoms with Gasteiger partial charge in [-0.15, -0.1) is 0 Å². The van der Waals surface area contributed by atoms with E-state index in [0.717, 1.165) is 11.4 Å². The summed E-state index contributed by atoms with van der Waals surface area (Å²) in [5.41, 5.74) is 3.24. The fourth-order valence-electron chi connectivity index (χ4n) is 1.71. The van der Waals surface area contributed by atoms with Crippen LogP contribution in [-0.4, -0.2) is 12.8 Å². The predicted molar refractivity (Wildman–Crippen MR) is 62.6 cm³/mol. The van der Waals surface area contributed by atoms with Gasteiger partial charge in [0.15, 0.2) is 5.78 Å². The Morgan fingerprint density at radius 1 is 1.27 bits per heavy atom. The van der Waals surface area contributed by atoms with E-state index in [1.807, 2.05) is 42.3 Å². The number of carbonyl (C=O) groups excluding carboxylic acids is 1. The molecule has 0 aliphatic carbocycles. The monoisotopic (exact) mass is 199 g/mol. The minimum Gasteiger partial charge on any atom is -0.344 e. The number of para-hydroxylation sites is 1. The molecule has 2 rings (SSSR count). The topological polar surface area (TPSA) is 20.3 Å². The lowest BCUT2D eigenvalue weighted by Crippen LogP contribution is -2.19. The standard InChI is InChI=1S/C13H13NO/c1-10(15)9-12-8-7-11-5-3-4-6-13(11)14(12)2/h3-9H,1-2H3. The first kappa shape index (κ1) is 9.71. The number of allylic oxidation sites excluding steroid dienone is 2. The molecule has 0 bridgehead atoms. The van der Waals surface area contributed by atoms with E-state index in [9.17, 15) is 4.79 Å². The number of fused-ring (bicyclic) bond motifs is 1. The minimum absolute atomic E-state index is 0.0703. The normalized spacial score (nSPS) is 16.7. The minimum atomic E-state index is 0.0703. The molecule has 0 spiro atoms. The molecule has 0 fully saturated rings. The third kappa shape index (κ3) is 1.84. The maximum Gasteiger partial charge on any atom is 0.154 e. The Balaban J connectivity index is 2.46. The zero-order valence-corrected chi connectivity index (χ0v) is 8.90. The molecular weight excluding hydrogens is 186 g/mol. The largest absolute Gasteiger partial charge is 0.344 e. The van der Waals surface area contributed by atoms with Crippen LogP contribution in [0.15, 0.2) is 42.1 Å². The Morgan fingerprint density at radius 2 is 2.00 bits per heavy atom. The SMILES string of the molecule is CC(=O)C=C1C=Cc2ccccc2N1C. The number of ketones is 1. The summed E-state index contributed by atoms with van der Waals surface area (Å²) >= 11 is 0. The number of carbonyl (C=O) groups is 1. The molecule has 1 aromatic rings. The number of likely N-dealkylation sites (N-methyl/N-ethyl adjacent to an activating group) is 1. The van der Waals surface area contributed by atoms with Crippen LogP contribution in [0.3, 0.4) is 0 Å². The van der Waals surface area contributed by atoms with Gasteiger partial charge in [-0.3, -0.25) is 4.79 Å². The van der Waals surface area contributed by atoms with Crippen LogP contribution in [0.1, 0.15) is 12.5 Å². The van der Waals surface area contributed by atoms with E-state index in [-0.39, 0.29) is 5.78 Å². The Hall–Kier alpha value is -1.83. The zero-order chi connectivity index (χ0) is 10.8. The molecule has 1 aliphatic heterocycles. The maximum atomic E-state index is 11.0. The molecule has 0 saturated carbocycles. The lowest BCUT2D eigenvalue weighted by atomic mass is 10.1. The quantitative estimate of drug-likeness (QED) is 0.648. The maximum absolute atomic E-state index is 11.0. The van der Waals surface area contributed by atoms with E-state index in [0.29, 0.717) is 0 Å². The van der Waals surface area contributed by atoms with Crippen LogP contribution in [0.2, 0.25) is 0 Å². The predicted octanol–water partition coefficient (Wildman–Crippen LogP) is 2.62. The van der Waals surface area contributed by atoms with Crippen molar-refractivity contribution < 1.29 is 4.79 Å². The smallest absolute Gasteiger partial charge is 0.154 e. The fraction of sp³-hybridized carbons (Fsp3) is 0.154. The summed E-state index contributed by atoms with van der Waals surface area (Å²) in [5.74, 6) is 0.0703. The molecule has 15 heavy (non-hydrogen) atoms. The lowest BCUT2D eigenvalue weighted by Gasteiger charge is -2.25. The van der Waals surface area contributed by atoms with Gasteiger partial charge in [0.05, 0.1) is 0 Å². The van der Waals surface area contributed by atoms with Crippen molar-refractivity contribution in [3.05, 3.63) is 47.7 Å². The zero-order valence-electron chi connectivity index (χ0n) is 8.90. The summed E-state index contributed by atoms with van der Waals surface area (Å²) in [7, 11) is 1.97. The van der Waals surface area contributed by atoms with Crippen molar-refractivity contribution in [1.29, 1.82) is 0 Å². The van der Waals surface area contributed by atoms with Gasteiger partial charge in [0.2, 0.25) is 0 Å². The van der Waals surface area contributed by atoms with E-state index in [4.69, 9.17) is 0 Å². The summed E-state index contributed by atoms with van der Waals surface area (Å²) in [6.45, 7) is 1.56. The van der Waals surface area contributed by atoms with E-state index in [1.165, 1.54) is 5.56 Å². The van der Waals surface area contributed by atoms with Crippen molar-refractivity contribution in [1.82, 2.24) is 0 Å². The van der Waals surface area contributed by atoms with E-state index in [2.05, 4.69) is 6.07 Å². The molecule has 0 unspecified atom stereocenters. The van der Waals surface area contributed by atoms with Crippen LogP contribution in [0.25, 0.3) is 6.08 Å². The molecule has 0 N–H and O–H groups in total. The first-order valence-electron chi connectivity index (χ1n) is 4.91. The van der Waals surface area contributed by atoms with Gasteiger partial charge in [-0.25, -0.2) is 0 Å². The summed E-state index contributed by atoms with van der Waals surface area (Å²) in [6.07, 6.45) is 5.64. The Labute approximate surface area is 89.5 Å². The highest BCUT2D eigenvalue weighted by Crippen LogP contribution is 2.28. The second-order valence-electron chi connectivity index (χ2n) is 3.63. The second kappa shape index (κ2) is 3.73. The number of rotatable bonds is 1. The van der Waals surface area contributed by atoms with Crippen molar-refractivity contribution in [3.63, 3.8) is 0 Å². The summed E-state index contributed by atoms with van der Waals surface area (Å²) in [5, 5.41) is 0. The van der Waals surface area contributed by atoms with Crippen LogP contribution in [0.5, 0.6) is 0 Å². The third-order valence-corrected chi connectivity index (χ3v) is 2.47. The molecule has 2 nitrogen and oxygen atoms in total. The number of hydrogen-bond acceptors (Lipinski definition) is 2. The lowest BCUT2D eigenvalue weighted by molar-refractivity contribution is -0.112. The van der Waals surface area contributed by atoms with Gasteiger partial charge in [0, 0.05) is 24.5 Å². The Kier molecular flexibility index (Phi) is 2.42. The van der Waals surface area contributed by atoms with E-state index >= 15 is 0 Å². The van der Waals surface area contributed by atoms with Crippen LogP contribution in [0.4, 0.5) is 5.69 Å². The van der Waals surface area contributed by atoms with Crippen LogP contribution in [0, 0.1) is 0 Å². The van der Waals surface area contributed by atoms with Gasteiger partial charge in [-0.2, -0.15) is 0 Å². The first-order valence-corrected chi connectivity index (χ1v) is 4.91. The van der Waals surface area contributed by atoms with Gasteiger partial charge in [-0.05, 0) is 24.6 Å². The molecule has 0 amide bonds. The molecule has 2 heteroatoms. The number of anilines is 1. The van der Waals surface area contributed by atoms with Crippen LogP contribution >= 0.6 is 0 Å². The van der Waals surface area contributed by atoms with Crippen molar-refractivity contribution in [2.24, 2.45) is 0 Å². The average molecular weight is 199 g/mol. The summed E-state index contributed by atoms with van der Waals surface area (Å²) < 4.78 is 0. The molecule has 0 atom stereocenters. The molecule has 0 radical (unpaired) electrons. The van der Waals surface area contributed by atoms with Crippen molar-refractivity contribution >= 4 is 17.5 Å². The second-order valence-corrected chi connectivity index (χ2v) is 3.63. The Bertz CT molecular complexity index is 457. The molecule has 76 valence electrons. The third-order valence-electron chi connectivity index (χ3n) is 2.47. The van der Waals surface area contributed by atoms with Crippen molar-refractivity contribution in [2.75, 3.05) is 11.9 Å². The first-order chi connectivity index (χ1) is 7.18. The molecule has 0 saturated heterocycles. The van der Waals surface area contributed by atoms with Crippen molar-refractivity contribution in [2.45, 2.75) is 6.92 Å². The van der Waals surface area contributed by atoms with Gasteiger partial charge >= 0.3 is 0 Å². The molecule has 1 heterocycles.